The number of benzene rings is 1. The Kier molecular flexibility index (Phi) is 5.50. The van der Waals surface area contributed by atoms with Crippen molar-refractivity contribution in [1.82, 2.24) is 4.31 Å². The lowest BCUT2D eigenvalue weighted by Gasteiger charge is -2.33. The van der Waals surface area contributed by atoms with Gasteiger partial charge in [-0.3, -0.25) is 0 Å². The summed E-state index contributed by atoms with van der Waals surface area (Å²) < 4.78 is 50.5. The number of hydrogen-bond acceptors (Lipinski definition) is 5. The first-order valence-electron chi connectivity index (χ1n) is 7.77. The predicted octanol–water partition coefficient (Wildman–Crippen LogP) is 1.23. The van der Waals surface area contributed by atoms with E-state index in [-0.39, 0.29) is 27.5 Å². The maximum absolute atomic E-state index is 12.7. The van der Waals surface area contributed by atoms with Gasteiger partial charge >= 0.3 is 0 Å². The van der Waals surface area contributed by atoms with Crippen molar-refractivity contribution in [2.75, 3.05) is 18.8 Å². The first kappa shape index (κ1) is 18.4. The fourth-order valence-electron chi connectivity index (χ4n) is 2.76. The molecule has 2 rings (SSSR count). The minimum absolute atomic E-state index is 0.0126. The lowest BCUT2D eigenvalue weighted by molar-refractivity contribution is 0.243. The molecule has 1 saturated heterocycles. The van der Waals surface area contributed by atoms with Crippen LogP contribution in [0.15, 0.2) is 34.1 Å². The molecule has 130 valence electrons. The van der Waals surface area contributed by atoms with Crippen LogP contribution >= 0.6 is 0 Å². The van der Waals surface area contributed by atoms with E-state index in [0.29, 0.717) is 13.1 Å². The molecule has 1 aromatic rings. The van der Waals surface area contributed by atoms with E-state index in [2.05, 4.69) is 0 Å². The average molecular weight is 361 g/mol. The third kappa shape index (κ3) is 3.93. The highest BCUT2D eigenvalue weighted by Crippen LogP contribution is 2.25. The molecule has 1 heterocycles. The van der Waals surface area contributed by atoms with Crippen LogP contribution in [0.3, 0.4) is 0 Å². The summed E-state index contributed by atoms with van der Waals surface area (Å²) >= 11 is 0. The van der Waals surface area contributed by atoms with Gasteiger partial charge in [-0.25, -0.2) is 16.8 Å². The molecule has 0 bridgehead atoms. The summed E-state index contributed by atoms with van der Waals surface area (Å²) in [7, 11) is -6.94. The molecule has 0 aromatic heterocycles. The molecule has 0 unspecified atom stereocenters. The molecule has 2 atom stereocenters. The molecule has 1 aromatic carbocycles. The van der Waals surface area contributed by atoms with E-state index >= 15 is 0 Å². The molecule has 1 aliphatic rings. The van der Waals surface area contributed by atoms with E-state index < -0.39 is 19.9 Å². The molecular formula is C15H24N2O4S2. The van der Waals surface area contributed by atoms with Crippen molar-refractivity contribution in [1.29, 1.82) is 0 Å². The van der Waals surface area contributed by atoms with Gasteiger partial charge in [-0.15, -0.1) is 0 Å². The molecular weight excluding hydrogens is 336 g/mol. The van der Waals surface area contributed by atoms with Gasteiger partial charge in [0, 0.05) is 19.1 Å². The third-order valence-corrected chi connectivity index (χ3v) is 7.99. The fourth-order valence-corrected chi connectivity index (χ4v) is 5.18. The molecule has 23 heavy (non-hydrogen) atoms. The van der Waals surface area contributed by atoms with Gasteiger partial charge in [0.05, 0.1) is 15.5 Å². The van der Waals surface area contributed by atoms with Crippen molar-refractivity contribution in [3.63, 3.8) is 0 Å². The van der Waals surface area contributed by atoms with Gasteiger partial charge in [0.1, 0.15) is 0 Å². The minimum Gasteiger partial charge on any atom is -0.328 e. The molecule has 6 nitrogen and oxygen atoms in total. The lowest BCUT2D eigenvalue weighted by atomic mass is 9.93. The first-order valence-corrected chi connectivity index (χ1v) is 10.9. The number of nitrogens with zero attached hydrogens (tertiary/aromatic N) is 1. The number of sulfonamides is 1. The monoisotopic (exact) mass is 360 g/mol. The Hall–Kier alpha value is -0.960. The van der Waals surface area contributed by atoms with E-state index in [1.165, 1.54) is 28.6 Å². The van der Waals surface area contributed by atoms with Crippen molar-refractivity contribution >= 4 is 19.9 Å². The van der Waals surface area contributed by atoms with E-state index in [1.807, 2.05) is 6.92 Å². The van der Waals surface area contributed by atoms with Crippen LogP contribution in [0.1, 0.15) is 26.7 Å². The van der Waals surface area contributed by atoms with Crippen LogP contribution < -0.4 is 5.73 Å². The van der Waals surface area contributed by atoms with Crippen LogP contribution in [-0.2, 0) is 19.9 Å². The van der Waals surface area contributed by atoms with E-state index in [9.17, 15) is 16.8 Å². The smallest absolute Gasteiger partial charge is 0.243 e. The van der Waals surface area contributed by atoms with Gasteiger partial charge in [-0.05, 0) is 49.9 Å². The summed E-state index contributed by atoms with van der Waals surface area (Å²) in [6, 6.07) is 5.41. The van der Waals surface area contributed by atoms with Gasteiger partial charge in [0.25, 0.3) is 0 Å². The zero-order valence-electron chi connectivity index (χ0n) is 13.5. The summed E-state index contributed by atoms with van der Waals surface area (Å²) in [5.41, 5.74) is 5.91. The van der Waals surface area contributed by atoms with E-state index in [0.717, 1.165) is 12.8 Å². The van der Waals surface area contributed by atoms with Crippen LogP contribution in [0, 0.1) is 5.92 Å². The lowest BCUT2D eigenvalue weighted by Crippen LogP contribution is -2.44. The van der Waals surface area contributed by atoms with Gasteiger partial charge in [0.2, 0.25) is 10.0 Å². The third-order valence-electron chi connectivity index (χ3n) is 4.36. The average Bonchev–Trinajstić information content (AvgIpc) is 2.55. The predicted molar refractivity (Wildman–Crippen MR) is 89.3 cm³/mol. The van der Waals surface area contributed by atoms with Gasteiger partial charge < -0.3 is 5.73 Å². The molecule has 0 radical (unpaired) electrons. The zero-order valence-corrected chi connectivity index (χ0v) is 15.1. The molecule has 0 amide bonds. The Balaban J connectivity index is 2.26. The second kappa shape index (κ2) is 6.88. The van der Waals surface area contributed by atoms with Crippen molar-refractivity contribution in [3.05, 3.63) is 24.3 Å². The summed E-state index contributed by atoms with van der Waals surface area (Å²) in [6.45, 7) is 4.34. The van der Waals surface area contributed by atoms with Crippen LogP contribution in [0.2, 0.25) is 0 Å². The van der Waals surface area contributed by atoms with Gasteiger partial charge in [0.15, 0.2) is 9.84 Å². The minimum atomic E-state index is -3.61. The topological polar surface area (TPSA) is 97.5 Å². The Labute approximate surface area is 138 Å². The number of nitrogens with two attached hydrogens (primary N) is 1. The maximum atomic E-state index is 12.7. The second-order valence-corrected chi connectivity index (χ2v) is 10.2. The van der Waals surface area contributed by atoms with Crippen molar-refractivity contribution in [3.8, 4) is 0 Å². The van der Waals surface area contributed by atoms with Crippen molar-refractivity contribution < 1.29 is 16.8 Å². The summed E-state index contributed by atoms with van der Waals surface area (Å²) in [5.74, 6) is 0.139. The van der Waals surface area contributed by atoms with Crippen LogP contribution in [0.25, 0.3) is 0 Å². The first-order chi connectivity index (χ1) is 10.7. The Morgan fingerprint density at radius 1 is 1.17 bits per heavy atom. The summed E-state index contributed by atoms with van der Waals surface area (Å²) in [5, 5.41) is 0. The fraction of sp³-hybridized carbons (Fsp3) is 0.600. The molecule has 8 heteroatoms. The van der Waals surface area contributed by atoms with Gasteiger partial charge in [-0.1, -0.05) is 6.92 Å². The number of hydrogen-bond donors (Lipinski definition) is 1. The van der Waals surface area contributed by atoms with Crippen LogP contribution in [-0.4, -0.2) is 46.0 Å². The highest BCUT2D eigenvalue weighted by molar-refractivity contribution is 7.91. The molecule has 0 aliphatic carbocycles. The summed E-state index contributed by atoms with van der Waals surface area (Å²) in [6.07, 6.45) is 1.71. The number of sulfone groups is 1. The highest BCUT2D eigenvalue weighted by atomic mass is 32.2. The Morgan fingerprint density at radius 2 is 1.74 bits per heavy atom. The molecule has 0 saturated carbocycles. The number of rotatable bonds is 5. The molecule has 0 spiro atoms. The SMILES string of the molecule is CCS(=O)(=O)c1ccc(S(=O)(=O)N2CCC[C@@H]([C@@H](C)N)C2)cc1. The maximum Gasteiger partial charge on any atom is 0.243 e. The largest absolute Gasteiger partial charge is 0.328 e. The molecule has 1 fully saturated rings. The standard InChI is InChI=1S/C15H24N2O4S2/c1-3-22(18,19)14-6-8-15(9-7-14)23(20,21)17-10-4-5-13(11-17)12(2)16/h6-9,12-13H,3-5,10-11,16H2,1-2H3/t12-,13-/m1/s1. The second-order valence-electron chi connectivity index (χ2n) is 6.00. The number of piperidine rings is 1. The quantitative estimate of drug-likeness (QED) is 0.852. The van der Waals surface area contributed by atoms with Crippen LogP contribution in [0.5, 0.6) is 0 Å². The summed E-state index contributed by atoms with van der Waals surface area (Å²) in [4.78, 5) is 0.268. The van der Waals surface area contributed by atoms with Crippen LogP contribution in [0.4, 0.5) is 0 Å². The van der Waals surface area contributed by atoms with Crippen molar-refractivity contribution in [2.24, 2.45) is 11.7 Å². The Bertz CT molecular complexity index is 740. The van der Waals surface area contributed by atoms with Gasteiger partial charge in [-0.2, -0.15) is 4.31 Å². The zero-order chi connectivity index (χ0) is 17.3. The normalized spacial score (nSPS) is 22.0. The molecule has 2 N–H and O–H groups in total. The Morgan fingerprint density at radius 3 is 2.26 bits per heavy atom. The molecule has 1 aliphatic heterocycles. The van der Waals surface area contributed by atoms with E-state index in [1.54, 1.807) is 6.92 Å². The highest BCUT2D eigenvalue weighted by Gasteiger charge is 2.31. The van der Waals surface area contributed by atoms with Crippen molar-refractivity contribution in [2.45, 2.75) is 42.5 Å². The van der Waals surface area contributed by atoms with E-state index in [4.69, 9.17) is 5.73 Å².